The molecule has 0 aromatic carbocycles. The molecule has 0 atom stereocenters. The molecule has 0 spiro atoms. The molecule has 58 valence electrons. The van der Waals surface area contributed by atoms with E-state index in [9.17, 15) is 9.59 Å². The minimum atomic E-state index is 0.307. The number of aromatic nitrogens is 1. The van der Waals surface area contributed by atoms with Crippen molar-refractivity contribution in [1.29, 1.82) is 0 Å². The van der Waals surface area contributed by atoms with E-state index in [2.05, 4.69) is 15.0 Å². The molecule has 0 saturated heterocycles. The molecule has 1 heterocycles. The lowest BCUT2D eigenvalue weighted by molar-refractivity contribution is 0.565. The summed E-state index contributed by atoms with van der Waals surface area (Å²) < 4.78 is 0. The van der Waals surface area contributed by atoms with E-state index in [0.29, 0.717) is 11.4 Å². The quantitative estimate of drug-likeness (QED) is 0.480. The third-order valence-electron chi connectivity index (χ3n) is 1.06. The van der Waals surface area contributed by atoms with Gasteiger partial charge in [-0.2, -0.15) is 9.98 Å². The minimum absolute atomic E-state index is 0.307. The molecule has 1 rings (SSSR count). The van der Waals surface area contributed by atoms with Crippen molar-refractivity contribution in [1.82, 2.24) is 4.98 Å². The van der Waals surface area contributed by atoms with Gasteiger partial charge in [-0.3, -0.25) is 4.98 Å². The van der Waals surface area contributed by atoms with Gasteiger partial charge in [0.05, 0.1) is 23.8 Å². The maximum Gasteiger partial charge on any atom is 0.240 e. The van der Waals surface area contributed by atoms with E-state index in [1.165, 1.54) is 30.6 Å². The van der Waals surface area contributed by atoms with E-state index in [-0.39, 0.29) is 0 Å². The number of carbonyl (C=O) groups excluding carboxylic acids is 2. The SMILES string of the molecule is O=C=Nc1cncc(N=C=O)c1. The summed E-state index contributed by atoms with van der Waals surface area (Å²) in [6, 6.07) is 1.42. The van der Waals surface area contributed by atoms with Gasteiger partial charge in [0.25, 0.3) is 0 Å². The van der Waals surface area contributed by atoms with Crippen LogP contribution in [0.15, 0.2) is 28.4 Å². The summed E-state index contributed by atoms with van der Waals surface area (Å²) in [6.07, 6.45) is 5.41. The van der Waals surface area contributed by atoms with Gasteiger partial charge in [-0.1, -0.05) is 0 Å². The van der Waals surface area contributed by atoms with Crippen molar-refractivity contribution >= 4 is 23.5 Å². The Labute approximate surface area is 67.5 Å². The molecule has 5 heteroatoms. The van der Waals surface area contributed by atoms with Crippen molar-refractivity contribution in [2.24, 2.45) is 9.98 Å². The number of hydrogen-bond acceptors (Lipinski definition) is 5. The van der Waals surface area contributed by atoms with Crippen molar-refractivity contribution in [3.63, 3.8) is 0 Å². The van der Waals surface area contributed by atoms with Gasteiger partial charge >= 0.3 is 0 Å². The monoisotopic (exact) mass is 161 g/mol. The second kappa shape index (κ2) is 3.93. The molecule has 0 N–H and O–H groups in total. The number of hydrogen-bond donors (Lipinski definition) is 0. The number of rotatable bonds is 2. The van der Waals surface area contributed by atoms with Crippen LogP contribution in [0, 0.1) is 0 Å². The first-order chi connectivity index (χ1) is 5.86. The molecule has 0 aliphatic carbocycles. The van der Waals surface area contributed by atoms with Crippen LogP contribution >= 0.6 is 0 Å². The van der Waals surface area contributed by atoms with Crippen molar-refractivity contribution in [3.05, 3.63) is 18.5 Å². The third kappa shape index (κ3) is 1.95. The fourth-order valence-corrected chi connectivity index (χ4v) is 0.644. The molecule has 0 amide bonds. The van der Waals surface area contributed by atoms with E-state index in [4.69, 9.17) is 0 Å². The van der Waals surface area contributed by atoms with E-state index in [1.54, 1.807) is 0 Å². The zero-order valence-electron chi connectivity index (χ0n) is 5.89. The summed E-state index contributed by atoms with van der Waals surface area (Å²) in [6.45, 7) is 0. The van der Waals surface area contributed by atoms with Gasteiger partial charge in [0.15, 0.2) is 0 Å². The summed E-state index contributed by atoms with van der Waals surface area (Å²) >= 11 is 0. The van der Waals surface area contributed by atoms with Crippen LogP contribution in [0.5, 0.6) is 0 Å². The highest BCUT2D eigenvalue weighted by Crippen LogP contribution is 2.16. The maximum atomic E-state index is 9.82. The Balaban J connectivity index is 3.11. The van der Waals surface area contributed by atoms with Crippen LogP contribution in [0.3, 0.4) is 0 Å². The van der Waals surface area contributed by atoms with Crippen LogP contribution in [0.1, 0.15) is 0 Å². The lowest BCUT2D eigenvalue weighted by Crippen LogP contribution is -1.70. The normalized spacial score (nSPS) is 8.00. The van der Waals surface area contributed by atoms with E-state index >= 15 is 0 Å². The fraction of sp³-hybridized carbons (Fsp3) is 0. The average molecular weight is 161 g/mol. The summed E-state index contributed by atoms with van der Waals surface area (Å²) in [7, 11) is 0. The predicted octanol–water partition coefficient (Wildman–Crippen LogP) is 1.02. The molecular formula is C7H3N3O2. The molecule has 1 aromatic rings. The smallest absolute Gasteiger partial charge is 0.240 e. The van der Waals surface area contributed by atoms with Gasteiger partial charge in [-0.15, -0.1) is 0 Å². The maximum absolute atomic E-state index is 9.82. The minimum Gasteiger partial charge on any atom is -0.260 e. The molecule has 1 aromatic heterocycles. The molecule has 0 saturated carbocycles. The van der Waals surface area contributed by atoms with Gasteiger partial charge in [0.2, 0.25) is 12.2 Å². The Morgan fingerprint density at radius 2 is 1.58 bits per heavy atom. The highest BCUT2D eigenvalue weighted by Gasteiger charge is 1.92. The summed E-state index contributed by atoms with van der Waals surface area (Å²) in [5, 5.41) is 0. The molecule has 12 heavy (non-hydrogen) atoms. The lowest BCUT2D eigenvalue weighted by Gasteiger charge is -1.89. The molecule has 0 bridgehead atoms. The van der Waals surface area contributed by atoms with Crippen LogP contribution in [-0.4, -0.2) is 17.1 Å². The van der Waals surface area contributed by atoms with Crippen molar-refractivity contribution < 1.29 is 9.59 Å². The van der Waals surface area contributed by atoms with Gasteiger partial charge in [0.1, 0.15) is 0 Å². The first-order valence-electron chi connectivity index (χ1n) is 2.97. The van der Waals surface area contributed by atoms with Gasteiger partial charge in [0, 0.05) is 0 Å². The number of nitrogens with zero attached hydrogens (tertiary/aromatic N) is 3. The molecule has 5 nitrogen and oxygen atoms in total. The van der Waals surface area contributed by atoms with E-state index in [1.807, 2.05) is 0 Å². The van der Waals surface area contributed by atoms with Crippen LogP contribution in [-0.2, 0) is 9.59 Å². The average Bonchev–Trinajstić information content (AvgIpc) is 2.06. The molecule has 0 aliphatic rings. The molecular weight excluding hydrogens is 158 g/mol. The summed E-state index contributed by atoms with van der Waals surface area (Å²) in [5.74, 6) is 0. The topological polar surface area (TPSA) is 71.8 Å². The number of aliphatic imine (C=N–C) groups is 2. The van der Waals surface area contributed by atoms with Crippen LogP contribution in [0.25, 0.3) is 0 Å². The number of isocyanates is 2. The van der Waals surface area contributed by atoms with E-state index < -0.39 is 0 Å². The van der Waals surface area contributed by atoms with Crippen LogP contribution in [0.4, 0.5) is 11.4 Å². The molecule has 0 radical (unpaired) electrons. The largest absolute Gasteiger partial charge is 0.260 e. The van der Waals surface area contributed by atoms with Gasteiger partial charge in [-0.05, 0) is 6.07 Å². The third-order valence-corrected chi connectivity index (χ3v) is 1.06. The Morgan fingerprint density at radius 1 is 1.08 bits per heavy atom. The Bertz CT molecular complexity index is 343. The fourth-order valence-electron chi connectivity index (χ4n) is 0.644. The van der Waals surface area contributed by atoms with Crippen molar-refractivity contribution in [3.8, 4) is 0 Å². The Morgan fingerprint density at radius 3 is 2.00 bits per heavy atom. The zero-order valence-corrected chi connectivity index (χ0v) is 5.89. The Kier molecular flexibility index (Phi) is 2.62. The number of pyridine rings is 1. The summed E-state index contributed by atoms with van der Waals surface area (Å²) in [4.78, 5) is 29.9. The van der Waals surface area contributed by atoms with Crippen molar-refractivity contribution in [2.75, 3.05) is 0 Å². The first-order valence-corrected chi connectivity index (χ1v) is 2.97. The predicted molar refractivity (Wildman–Crippen MR) is 39.8 cm³/mol. The van der Waals surface area contributed by atoms with Gasteiger partial charge in [-0.25, -0.2) is 9.59 Å². The molecule has 0 fully saturated rings. The van der Waals surface area contributed by atoms with Gasteiger partial charge < -0.3 is 0 Å². The first kappa shape index (κ1) is 8.01. The standard InChI is InChI=1S/C7H3N3O2/c11-4-9-6-1-7(10-5-12)3-8-2-6/h1-3H. The van der Waals surface area contributed by atoms with Crippen LogP contribution < -0.4 is 0 Å². The highest BCUT2D eigenvalue weighted by atomic mass is 16.1. The Hall–Kier alpha value is -2.09. The summed E-state index contributed by atoms with van der Waals surface area (Å²) in [5.41, 5.74) is 0.614. The highest BCUT2D eigenvalue weighted by molar-refractivity contribution is 5.56. The molecule has 0 aliphatic heterocycles. The molecule has 0 unspecified atom stereocenters. The van der Waals surface area contributed by atoms with Crippen molar-refractivity contribution in [2.45, 2.75) is 0 Å². The zero-order chi connectivity index (χ0) is 8.81. The lowest BCUT2D eigenvalue weighted by atomic mass is 10.4. The second-order valence-corrected chi connectivity index (χ2v) is 1.81. The van der Waals surface area contributed by atoms with E-state index in [0.717, 1.165) is 0 Å². The van der Waals surface area contributed by atoms with Crippen LogP contribution in [0.2, 0.25) is 0 Å². The second-order valence-electron chi connectivity index (χ2n) is 1.81.